The van der Waals surface area contributed by atoms with Crippen LogP contribution < -0.4 is 15.1 Å². The molecule has 1 fully saturated rings. The second kappa shape index (κ2) is 10.1. The number of benzene rings is 2. The number of nitrogens with zero attached hydrogens (tertiary/aromatic N) is 5. The number of anilines is 3. The van der Waals surface area contributed by atoms with Crippen LogP contribution in [-0.4, -0.2) is 47.0 Å². The number of amides is 1. The second-order valence-electron chi connectivity index (χ2n) is 8.53. The number of carbonyl (C=O) groups excluding carboxylic acids is 1. The van der Waals surface area contributed by atoms with Gasteiger partial charge in [0.25, 0.3) is 0 Å². The fraction of sp³-hybridized carbons (Fsp3) is 0.231. The van der Waals surface area contributed by atoms with Crippen molar-refractivity contribution in [1.29, 1.82) is 0 Å². The van der Waals surface area contributed by atoms with Crippen molar-refractivity contribution in [2.24, 2.45) is 0 Å². The smallest absolute Gasteiger partial charge is 0.228 e. The SMILES string of the molecule is Cc1cc(N2CCN(c3ncccn3)CC2)nc2ccc(NC(=O)Cc3ccc(Cl)c(Cl)c3)cc12. The zero-order valence-electron chi connectivity index (χ0n) is 19.2. The molecule has 2 aromatic heterocycles. The highest BCUT2D eigenvalue weighted by molar-refractivity contribution is 6.42. The minimum atomic E-state index is -0.120. The van der Waals surface area contributed by atoms with Gasteiger partial charge in [0.2, 0.25) is 11.9 Å². The third kappa shape index (κ3) is 5.31. The van der Waals surface area contributed by atoms with Gasteiger partial charge < -0.3 is 15.1 Å². The molecular formula is C26H24Cl2N6O. The first-order valence-electron chi connectivity index (χ1n) is 11.4. The van der Waals surface area contributed by atoms with Crippen LogP contribution in [0.4, 0.5) is 17.5 Å². The lowest BCUT2D eigenvalue weighted by atomic mass is 10.1. The van der Waals surface area contributed by atoms with Crippen LogP contribution in [0.1, 0.15) is 11.1 Å². The average molecular weight is 507 g/mol. The molecule has 1 N–H and O–H groups in total. The third-order valence-electron chi connectivity index (χ3n) is 6.07. The predicted molar refractivity (Wildman–Crippen MR) is 142 cm³/mol. The Morgan fingerprint density at radius 2 is 1.69 bits per heavy atom. The normalized spacial score (nSPS) is 13.8. The number of aromatic nitrogens is 3. The molecule has 1 amide bonds. The first-order chi connectivity index (χ1) is 17.0. The molecule has 7 nitrogen and oxygen atoms in total. The molecule has 4 aromatic rings. The minimum Gasteiger partial charge on any atom is -0.353 e. The third-order valence-corrected chi connectivity index (χ3v) is 6.81. The van der Waals surface area contributed by atoms with E-state index in [2.05, 4.69) is 38.1 Å². The maximum Gasteiger partial charge on any atom is 0.228 e. The summed E-state index contributed by atoms with van der Waals surface area (Å²) in [5.74, 6) is 1.61. The summed E-state index contributed by atoms with van der Waals surface area (Å²) in [4.78, 5) is 30.7. The number of halogens is 2. The van der Waals surface area contributed by atoms with Gasteiger partial charge >= 0.3 is 0 Å². The van der Waals surface area contributed by atoms with Crippen LogP contribution in [0, 0.1) is 6.92 Å². The number of piperazine rings is 1. The molecule has 0 bridgehead atoms. The van der Waals surface area contributed by atoms with E-state index in [1.54, 1.807) is 30.6 Å². The summed E-state index contributed by atoms with van der Waals surface area (Å²) in [7, 11) is 0. The number of carbonyl (C=O) groups is 1. The van der Waals surface area contributed by atoms with Gasteiger partial charge in [-0.3, -0.25) is 4.79 Å². The zero-order chi connectivity index (χ0) is 24.4. The number of aryl methyl sites for hydroxylation is 1. The summed E-state index contributed by atoms with van der Waals surface area (Å²) in [6.45, 7) is 5.44. The van der Waals surface area contributed by atoms with Crippen LogP contribution in [0.25, 0.3) is 10.9 Å². The van der Waals surface area contributed by atoms with Crippen LogP contribution in [0.2, 0.25) is 10.0 Å². The van der Waals surface area contributed by atoms with E-state index in [9.17, 15) is 4.79 Å². The van der Waals surface area contributed by atoms with Crippen molar-refractivity contribution in [3.63, 3.8) is 0 Å². The Hall–Kier alpha value is -3.42. The zero-order valence-corrected chi connectivity index (χ0v) is 20.7. The Morgan fingerprint density at radius 1 is 0.943 bits per heavy atom. The van der Waals surface area contributed by atoms with E-state index in [1.165, 1.54) is 0 Å². The molecule has 0 saturated carbocycles. The lowest BCUT2D eigenvalue weighted by Gasteiger charge is -2.35. The molecule has 5 rings (SSSR count). The van der Waals surface area contributed by atoms with Gasteiger partial charge in [0.05, 0.1) is 22.0 Å². The monoisotopic (exact) mass is 506 g/mol. The van der Waals surface area contributed by atoms with Crippen LogP contribution in [0.15, 0.2) is 60.9 Å². The molecule has 3 heterocycles. The number of nitrogens with one attached hydrogen (secondary N) is 1. The Kier molecular flexibility index (Phi) is 6.70. The van der Waals surface area contributed by atoms with Crippen molar-refractivity contribution >= 4 is 57.5 Å². The van der Waals surface area contributed by atoms with Gasteiger partial charge in [-0.05, 0) is 60.5 Å². The molecule has 0 atom stereocenters. The number of hydrogen-bond donors (Lipinski definition) is 1. The van der Waals surface area contributed by atoms with E-state index in [1.807, 2.05) is 24.3 Å². The highest BCUT2D eigenvalue weighted by atomic mass is 35.5. The molecule has 178 valence electrons. The van der Waals surface area contributed by atoms with Gasteiger partial charge in [-0.25, -0.2) is 15.0 Å². The van der Waals surface area contributed by atoms with E-state index >= 15 is 0 Å². The second-order valence-corrected chi connectivity index (χ2v) is 9.34. The van der Waals surface area contributed by atoms with Crippen molar-refractivity contribution in [3.8, 4) is 0 Å². The highest BCUT2D eigenvalue weighted by Gasteiger charge is 2.20. The fourth-order valence-corrected chi connectivity index (χ4v) is 4.57. The highest BCUT2D eigenvalue weighted by Crippen LogP contribution is 2.27. The molecule has 0 aliphatic carbocycles. The first kappa shape index (κ1) is 23.3. The maximum atomic E-state index is 12.6. The average Bonchev–Trinajstić information content (AvgIpc) is 2.87. The lowest BCUT2D eigenvalue weighted by molar-refractivity contribution is -0.115. The Morgan fingerprint density at radius 3 is 2.43 bits per heavy atom. The summed E-state index contributed by atoms with van der Waals surface area (Å²) in [5, 5.41) is 4.90. The van der Waals surface area contributed by atoms with E-state index in [-0.39, 0.29) is 12.3 Å². The number of rotatable bonds is 5. The molecule has 0 radical (unpaired) electrons. The summed E-state index contributed by atoms with van der Waals surface area (Å²) in [6.07, 6.45) is 3.75. The lowest BCUT2D eigenvalue weighted by Crippen LogP contribution is -2.47. The van der Waals surface area contributed by atoms with Crippen molar-refractivity contribution in [2.45, 2.75) is 13.3 Å². The van der Waals surface area contributed by atoms with Crippen molar-refractivity contribution < 1.29 is 4.79 Å². The molecule has 1 aliphatic rings. The number of hydrogen-bond acceptors (Lipinski definition) is 6. The van der Waals surface area contributed by atoms with Gasteiger partial charge in [-0.1, -0.05) is 29.3 Å². The molecule has 0 spiro atoms. The molecular weight excluding hydrogens is 483 g/mol. The fourth-order valence-electron chi connectivity index (χ4n) is 4.25. The van der Waals surface area contributed by atoms with E-state index in [0.29, 0.717) is 10.0 Å². The van der Waals surface area contributed by atoms with Crippen molar-refractivity contribution in [2.75, 3.05) is 41.3 Å². The van der Waals surface area contributed by atoms with Gasteiger partial charge in [0.15, 0.2) is 0 Å². The Balaban J connectivity index is 1.27. The van der Waals surface area contributed by atoms with E-state index < -0.39 is 0 Å². The summed E-state index contributed by atoms with van der Waals surface area (Å²) in [5.41, 5.74) is 3.55. The summed E-state index contributed by atoms with van der Waals surface area (Å²) >= 11 is 12.0. The van der Waals surface area contributed by atoms with Crippen LogP contribution in [-0.2, 0) is 11.2 Å². The van der Waals surface area contributed by atoms with Crippen LogP contribution in [0.3, 0.4) is 0 Å². The molecule has 9 heteroatoms. The molecule has 2 aromatic carbocycles. The Labute approximate surface area is 213 Å². The van der Waals surface area contributed by atoms with Crippen LogP contribution >= 0.6 is 23.2 Å². The number of fused-ring (bicyclic) bond motifs is 1. The first-order valence-corrected chi connectivity index (χ1v) is 12.1. The van der Waals surface area contributed by atoms with E-state index in [0.717, 1.165) is 65.7 Å². The van der Waals surface area contributed by atoms with Gasteiger partial charge in [0.1, 0.15) is 5.82 Å². The topological polar surface area (TPSA) is 74.2 Å². The summed E-state index contributed by atoms with van der Waals surface area (Å²) < 4.78 is 0. The van der Waals surface area contributed by atoms with Gasteiger partial charge in [-0.15, -0.1) is 0 Å². The van der Waals surface area contributed by atoms with Gasteiger partial charge in [-0.2, -0.15) is 0 Å². The van der Waals surface area contributed by atoms with Crippen LogP contribution in [0.5, 0.6) is 0 Å². The van der Waals surface area contributed by atoms with Gasteiger partial charge in [0, 0.05) is 49.6 Å². The standard InChI is InChI=1S/C26H24Cl2N6O/c1-17-13-24(33-9-11-34(12-10-33)26-29-7-2-8-30-26)32-23-6-4-19(16-20(17)23)31-25(35)15-18-3-5-21(27)22(28)14-18/h2-8,13-14,16H,9-12,15H2,1H3,(H,31,35). The van der Waals surface area contributed by atoms with Crippen molar-refractivity contribution in [3.05, 3.63) is 82.1 Å². The molecule has 1 saturated heterocycles. The quantitative estimate of drug-likeness (QED) is 0.403. The predicted octanol–water partition coefficient (Wildman–Crippen LogP) is 5.15. The largest absolute Gasteiger partial charge is 0.353 e. The maximum absolute atomic E-state index is 12.6. The molecule has 0 unspecified atom stereocenters. The number of pyridine rings is 1. The Bertz CT molecular complexity index is 1370. The van der Waals surface area contributed by atoms with E-state index in [4.69, 9.17) is 28.2 Å². The molecule has 1 aliphatic heterocycles. The van der Waals surface area contributed by atoms with Crippen molar-refractivity contribution in [1.82, 2.24) is 15.0 Å². The minimum absolute atomic E-state index is 0.120. The molecule has 35 heavy (non-hydrogen) atoms. The summed E-state index contributed by atoms with van der Waals surface area (Å²) in [6, 6.07) is 15.0.